The Balaban J connectivity index is 1.45. The van der Waals surface area contributed by atoms with Crippen molar-refractivity contribution in [2.75, 3.05) is 26.3 Å². The van der Waals surface area contributed by atoms with Crippen molar-refractivity contribution in [2.24, 2.45) is 0 Å². The number of halogens is 1. The lowest BCUT2D eigenvalue weighted by molar-refractivity contribution is -0.124. The fraction of sp³-hybridized carbons (Fsp3) is 0.364. The smallest absolute Gasteiger partial charge is 0.258 e. The molecule has 0 unspecified atom stereocenters. The highest BCUT2D eigenvalue weighted by atomic mass is 35.5. The van der Waals surface area contributed by atoms with Gasteiger partial charge < -0.3 is 19.7 Å². The molecule has 3 rings (SSSR count). The average Bonchev–Trinajstić information content (AvgIpc) is 2.73. The van der Waals surface area contributed by atoms with E-state index in [1.165, 1.54) is 0 Å². The van der Waals surface area contributed by atoms with Gasteiger partial charge in [0.1, 0.15) is 0 Å². The van der Waals surface area contributed by atoms with Crippen LogP contribution in [0, 0.1) is 0 Å². The highest BCUT2D eigenvalue weighted by molar-refractivity contribution is 6.30. The molecule has 0 radical (unpaired) electrons. The third-order valence-electron chi connectivity index (χ3n) is 4.73. The standard InChI is InChI=1S/C22H25ClN2O4/c1-2-28-19-8-3-4-9-20(19)29-15-21(26)24-18-10-12-25(13-11-18)22(27)16-6-5-7-17(23)14-16/h3-9,14,18H,2,10-13,15H2,1H3,(H,24,26). The van der Waals surface area contributed by atoms with Crippen molar-refractivity contribution in [3.8, 4) is 11.5 Å². The van der Waals surface area contributed by atoms with Crippen LogP contribution in [0.1, 0.15) is 30.1 Å². The molecule has 6 nitrogen and oxygen atoms in total. The molecule has 29 heavy (non-hydrogen) atoms. The molecule has 1 aliphatic rings. The van der Waals surface area contributed by atoms with Crippen LogP contribution < -0.4 is 14.8 Å². The Morgan fingerprint density at radius 2 is 1.76 bits per heavy atom. The number of piperidine rings is 1. The van der Waals surface area contributed by atoms with Crippen LogP contribution in [0.25, 0.3) is 0 Å². The van der Waals surface area contributed by atoms with Crippen molar-refractivity contribution < 1.29 is 19.1 Å². The number of nitrogens with one attached hydrogen (secondary N) is 1. The summed E-state index contributed by atoms with van der Waals surface area (Å²) in [5.41, 5.74) is 0.585. The van der Waals surface area contributed by atoms with E-state index in [9.17, 15) is 9.59 Å². The molecule has 154 valence electrons. The van der Waals surface area contributed by atoms with Gasteiger partial charge in [-0.05, 0) is 50.1 Å². The fourth-order valence-electron chi connectivity index (χ4n) is 3.29. The van der Waals surface area contributed by atoms with E-state index in [1.807, 2.05) is 25.1 Å². The van der Waals surface area contributed by atoms with Gasteiger partial charge in [0.05, 0.1) is 6.61 Å². The van der Waals surface area contributed by atoms with Gasteiger partial charge in [-0.15, -0.1) is 0 Å². The summed E-state index contributed by atoms with van der Waals surface area (Å²) in [5.74, 6) is 0.950. The van der Waals surface area contributed by atoms with Crippen LogP contribution in [0.3, 0.4) is 0 Å². The number of rotatable bonds is 7. The summed E-state index contributed by atoms with van der Waals surface area (Å²) in [6, 6.07) is 14.3. The largest absolute Gasteiger partial charge is 0.490 e. The average molecular weight is 417 g/mol. The van der Waals surface area contributed by atoms with Crippen LogP contribution >= 0.6 is 11.6 Å². The number of hydrogen-bond donors (Lipinski definition) is 1. The number of amides is 2. The Hall–Kier alpha value is -2.73. The summed E-state index contributed by atoms with van der Waals surface area (Å²) in [5, 5.41) is 3.53. The lowest BCUT2D eigenvalue weighted by Gasteiger charge is -2.32. The van der Waals surface area contributed by atoms with Crippen LogP contribution in [0.2, 0.25) is 5.02 Å². The SMILES string of the molecule is CCOc1ccccc1OCC(=O)NC1CCN(C(=O)c2cccc(Cl)c2)CC1. The molecule has 0 atom stereocenters. The Morgan fingerprint density at radius 3 is 2.41 bits per heavy atom. The number of nitrogens with zero attached hydrogens (tertiary/aromatic N) is 1. The minimum absolute atomic E-state index is 0.0247. The third kappa shape index (κ3) is 5.87. The molecule has 1 saturated heterocycles. The second-order valence-corrected chi connectivity index (χ2v) is 7.25. The topological polar surface area (TPSA) is 67.9 Å². The van der Waals surface area contributed by atoms with Gasteiger partial charge >= 0.3 is 0 Å². The Kier molecular flexibility index (Phi) is 7.36. The zero-order valence-electron chi connectivity index (χ0n) is 16.4. The number of ether oxygens (including phenoxy) is 2. The van der Waals surface area contributed by atoms with Crippen LogP contribution in [0.5, 0.6) is 11.5 Å². The molecule has 1 heterocycles. The van der Waals surface area contributed by atoms with E-state index in [4.69, 9.17) is 21.1 Å². The maximum Gasteiger partial charge on any atom is 0.258 e. The van der Waals surface area contributed by atoms with E-state index >= 15 is 0 Å². The molecular weight excluding hydrogens is 392 g/mol. The lowest BCUT2D eigenvalue weighted by atomic mass is 10.0. The second-order valence-electron chi connectivity index (χ2n) is 6.81. The molecule has 2 amide bonds. The fourth-order valence-corrected chi connectivity index (χ4v) is 3.48. The molecule has 0 spiro atoms. The van der Waals surface area contributed by atoms with E-state index in [1.54, 1.807) is 35.2 Å². The lowest BCUT2D eigenvalue weighted by Crippen LogP contribution is -2.47. The van der Waals surface area contributed by atoms with Gasteiger partial charge in [-0.2, -0.15) is 0 Å². The maximum atomic E-state index is 12.6. The first-order chi connectivity index (χ1) is 14.1. The van der Waals surface area contributed by atoms with Gasteiger partial charge in [0.15, 0.2) is 18.1 Å². The van der Waals surface area contributed by atoms with Gasteiger partial charge in [-0.1, -0.05) is 29.8 Å². The summed E-state index contributed by atoms with van der Waals surface area (Å²) >= 11 is 5.97. The van der Waals surface area contributed by atoms with Crippen LogP contribution in [-0.2, 0) is 4.79 Å². The summed E-state index contributed by atoms with van der Waals surface area (Å²) in [6.45, 7) is 3.52. The number of hydrogen-bond acceptors (Lipinski definition) is 4. The van der Waals surface area contributed by atoms with Crippen LogP contribution in [0.15, 0.2) is 48.5 Å². The Bertz CT molecular complexity index is 850. The van der Waals surface area contributed by atoms with Gasteiger partial charge in [-0.3, -0.25) is 9.59 Å². The van der Waals surface area contributed by atoms with Crippen molar-refractivity contribution in [3.63, 3.8) is 0 Å². The number of likely N-dealkylation sites (tertiary alicyclic amines) is 1. The van der Waals surface area contributed by atoms with E-state index in [0.29, 0.717) is 54.6 Å². The maximum absolute atomic E-state index is 12.6. The van der Waals surface area contributed by atoms with E-state index < -0.39 is 0 Å². The minimum Gasteiger partial charge on any atom is -0.490 e. The predicted molar refractivity (Wildman–Crippen MR) is 112 cm³/mol. The third-order valence-corrected chi connectivity index (χ3v) is 4.96. The monoisotopic (exact) mass is 416 g/mol. The van der Waals surface area contributed by atoms with E-state index in [2.05, 4.69) is 5.32 Å². The molecule has 2 aromatic carbocycles. The molecule has 1 N–H and O–H groups in total. The first kappa shape index (κ1) is 21.0. The van der Waals surface area contributed by atoms with Crippen molar-refractivity contribution in [1.82, 2.24) is 10.2 Å². The number of carbonyl (C=O) groups is 2. The van der Waals surface area contributed by atoms with Crippen LogP contribution in [0.4, 0.5) is 0 Å². The minimum atomic E-state index is -0.184. The molecule has 0 bridgehead atoms. The quantitative estimate of drug-likeness (QED) is 0.749. The number of para-hydroxylation sites is 2. The van der Waals surface area contributed by atoms with Gasteiger partial charge in [0.2, 0.25) is 0 Å². The molecule has 0 aliphatic carbocycles. The van der Waals surface area contributed by atoms with E-state index in [0.717, 1.165) is 0 Å². The van der Waals surface area contributed by atoms with Crippen molar-refractivity contribution in [3.05, 3.63) is 59.1 Å². The van der Waals surface area contributed by atoms with Gasteiger partial charge in [-0.25, -0.2) is 0 Å². The summed E-state index contributed by atoms with van der Waals surface area (Å²) in [7, 11) is 0. The predicted octanol–water partition coefficient (Wildman–Crippen LogP) is 3.54. The summed E-state index contributed by atoms with van der Waals surface area (Å²) in [6.07, 6.45) is 1.40. The zero-order chi connectivity index (χ0) is 20.6. The molecule has 7 heteroatoms. The second kappa shape index (κ2) is 10.2. The highest BCUT2D eigenvalue weighted by Gasteiger charge is 2.24. The number of carbonyl (C=O) groups excluding carboxylic acids is 2. The molecule has 0 saturated carbocycles. The van der Waals surface area contributed by atoms with Crippen molar-refractivity contribution >= 4 is 23.4 Å². The van der Waals surface area contributed by atoms with E-state index in [-0.39, 0.29) is 24.5 Å². The first-order valence-electron chi connectivity index (χ1n) is 9.75. The summed E-state index contributed by atoms with van der Waals surface area (Å²) in [4.78, 5) is 26.6. The summed E-state index contributed by atoms with van der Waals surface area (Å²) < 4.78 is 11.1. The molecule has 1 fully saturated rings. The highest BCUT2D eigenvalue weighted by Crippen LogP contribution is 2.26. The first-order valence-corrected chi connectivity index (χ1v) is 10.1. The molecule has 0 aromatic heterocycles. The zero-order valence-corrected chi connectivity index (χ0v) is 17.2. The normalized spacial score (nSPS) is 14.3. The van der Waals surface area contributed by atoms with Crippen molar-refractivity contribution in [1.29, 1.82) is 0 Å². The van der Waals surface area contributed by atoms with Crippen LogP contribution in [-0.4, -0.2) is 49.1 Å². The Morgan fingerprint density at radius 1 is 1.07 bits per heavy atom. The number of benzene rings is 2. The van der Waals surface area contributed by atoms with Gasteiger partial charge in [0.25, 0.3) is 11.8 Å². The molecule has 2 aromatic rings. The van der Waals surface area contributed by atoms with Gasteiger partial charge in [0, 0.05) is 29.7 Å². The Labute approximate surface area is 175 Å². The molecule has 1 aliphatic heterocycles. The van der Waals surface area contributed by atoms with Crippen molar-refractivity contribution in [2.45, 2.75) is 25.8 Å². The molecular formula is C22H25ClN2O4.